The van der Waals surface area contributed by atoms with Gasteiger partial charge in [0.2, 0.25) is 0 Å². The summed E-state index contributed by atoms with van der Waals surface area (Å²) in [7, 11) is 0. The van der Waals surface area contributed by atoms with Gasteiger partial charge in [-0.2, -0.15) is 0 Å². The van der Waals surface area contributed by atoms with Crippen molar-refractivity contribution in [2.24, 2.45) is 17.1 Å². The fraction of sp³-hybridized carbons (Fsp3) is 1.00. The van der Waals surface area contributed by atoms with E-state index in [1.807, 2.05) is 0 Å². The smallest absolute Gasteiger partial charge is 0.00702 e. The lowest BCUT2D eigenvalue weighted by atomic mass is 9.68. The Morgan fingerprint density at radius 1 is 1.36 bits per heavy atom. The number of rotatable bonds is 3. The molecule has 1 saturated carbocycles. The number of likely N-dealkylation sites (tertiary alicyclic amines) is 1. The van der Waals surface area contributed by atoms with E-state index in [-0.39, 0.29) is 0 Å². The predicted octanol–water partition coefficient (Wildman–Crippen LogP) is 1.85. The van der Waals surface area contributed by atoms with E-state index in [0.717, 1.165) is 18.5 Å². The van der Waals surface area contributed by atoms with Crippen LogP contribution in [0.4, 0.5) is 0 Å². The summed E-state index contributed by atoms with van der Waals surface area (Å²) >= 11 is 0. The molecule has 0 radical (unpaired) electrons. The van der Waals surface area contributed by atoms with Crippen LogP contribution >= 0.6 is 0 Å². The van der Waals surface area contributed by atoms with E-state index >= 15 is 0 Å². The van der Waals surface area contributed by atoms with Gasteiger partial charge in [-0.05, 0) is 44.1 Å². The second-order valence-electron chi connectivity index (χ2n) is 5.68. The van der Waals surface area contributed by atoms with Gasteiger partial charge in [-0.1, -0.05) is 13.3 Å². The summed E-state index contributed by atoms with van der Waals surface area (Å²) in [5, 5.41) is 0. The molecule has 2 unspecified atom stereocenters. The van der Waals surface area contributed by atoms with Crippen LogP contribution in [-0.4, -0.2) is 30.6 Å². The highest BCUT2D eigenvalue weighted by Gasteiger charge is 2.39. The van der Waals surface area contributed by atoms with Crippen molar-refractivity contribution in [3.8, 4) is 0 Å². The number of nitrogens with zero attached hydrogens (tertiary/aromatic N) is 1. The SMILES string of the molecule is CC1CC(C)N(CC2(CN)CCC2)C1. The van der Waals surface area contributed by atoms with E-state index in [0.29, 0.717) is 5.41 Å². The Kier molecular flexibility index (Phi) is 2.85. The summed E-state index contributed by atoms with van der Waals surface area (Å²) < 4.78 is 0. The highest BCUT2D eigenvalue weighted by atomic mass is 15.2. The quantitative estimate of drug-likeness (QED) is 0.746. The van der Waals surface area contributed by atoms with Crippen LogP contribution in [0.5, 0.6) is 0 Å². The fourth-order valence-corrected chi connectivity index (χ4v) is 3.14. The van der Waals surface area contributed by atoms with Crippen molar-refractivity contribution in [3.05, 3.63) is 0 Å². The monoisotopic (exact) mass is 196 g/mol. The number of nitrogens with two attached hydrogens (primary N) is 1. The normalized spacial score (nSPS) is 37.1. The first kappa shape index (κ1) is 10.4. The first-order chi connectivity index (χ1) is 6.65. The van der Waals surface area contributed by atoms with Gasteiger partial charge < -0.3 is 5.73 Å². The van der Waals surface area contributed by atoms with Crippen molar-refractivity contribution in [2.45, 2.75) is 45.6 Å². The van der Waals surface area contributed by atoms with Crippen LogP contribution in [0.3, 0.4) is 0 Å². The lowest BCUT2D eigenvalue weighted by Crippen LogP contribution is -2.48. The molecule has 1 aliphatic heterocycles. The Hall–Kier alpha value is -0.0800. The maximum absolute atomic E-state index is 5.90. The fourth-order valence-electron chi connectivity index (χ4n) is 3.14. The van der Waals surface area contributed by atoms with Crippen LogP contribution in [0.1, 0.15) is 39.5 Å². The van der Waals surface area contributed by atoms with Crippen molar-refractivity contribution in [2.75, 3.05) is 19.6 Å². The molecule has 2 heteroatoms. The summed E-state index contributed by atoms with van der Waals surface area (Å²) in [5.41, 5.74) is 6.40. The minimum absolute atomic E-state index is 0.498. The second-order valence-corrected chi connectivity index (χ2v) is 5.68. The molecule has 14 heavy (non-hydrogen) atoms. The van der Waals surface area contributed by atoms with Gasteiger partial charge in [0.25, 0.3) is 0 Å². The molecule has 0 spiro atoms. The summed E-state index contributed by atoms with van der Waals surface area (Å²) in [6.07, 6.45) is 5.50. The predicted molar refractivity (Wildman–Crippen MR) is 60.2 cm³/mol. The average molecular weight is 196 g/mol. The first-order valence-electron chi connectivity index (χ1n) is 6.09. The van der Waals surface area contributed by atoms with Gasteiger partial charge in [-0.15, -0.1) is 0 Å². The van der Waals surface area contributed by atoms with Crippen LogP contribution in [0.25, 0.3) is 0 Å². The number of hydrogen-bond donors (Lipinski definition) is 1. The third-order valence-electron chi connectivity index (χ3n) is 4.30. The Morgan fingerprint density at radius 3 is 2.43 bits per heavy atom. The maximum Gasteiger partial charge on any atom is 0.00702 e. The van der Waals surface area contributed by atoms with Crippen LogP contribution < -0.4 is 5.73 Å². The first-order valence-corrected chi connectivity index (χ1v) is 6.09. The van der Waals surface area contributed by atoms with Crippen LogP contribution in [0, 0.1) is 11.3 Å². The van der Waals surface area contributed by atoms with Gasteiger partial charge in [0.15, 0.2) is 0 Å². The van der Waals surface area contributed by atoms with Gasteiger partial charge in [-0.3, -0.25) is 4.90 Å². The summed E-state index contributed by atoms with van der Waals surface area (Å²) in [6.45, 7) is 8.18. The van der Waals surface area contributed by atoms with E-state index in [4.69, 9.17) is 5.73 Å². The second kappa shape index (κ2) is 3.82. The summed E-state index contributed by atoms with van der Waals surface area (Å²) in [4.78, 5) is 2.66. The van der Waals surface area contributed by atoms with Crippen molar-refractivity contribution in [3.63, 3.8) is 0 Å². The zero-order valence-electron chi connectivity index (χ0n) is 9.63. The molecule has 0 amide bonds. The molecule has 0 aromatic heterocycles. The van der Waals surface area contributed by atoms with Crippen molar-refractivity contribution in [1.29, 1.82) is 0 Å². The topological polar surface area (TPSA) is 29.3 Å². The van der Waals surface area contributed by atoms with E-state index in [9.17, 15) is 0 Å². The van der Waals surface area contributed by atoms with Gasteiger partial charge in [0.1, 0.15) is 0 Å². The third-order valence-corrected chi connectivity index (χ3v) is 4.30. The summed E-state index contributed by atoms with van der Waals surface area (Å²) in [6, 6.07) is 0.786. The standard InChI is InChI=1S/C12H24N2/c1-10-6-11(2)14(7-10)9-12(8-13)4-3-5-12/h10-11H,3-9,13H2,1-2H3. The van der Waals surface area contributed by atoms with Gasteiger partial charge in [0, 0.05) is 19.1 Å². The molecule has 0 aromatic carbocycles. The molecule has 1 heterocycles. The lowest BCUT2D eigenvalue weighted by molar-refractivity contribution is 0.0706. The zero-order valence-corrected chi connectivity index (χ0v) is 9.63. The Bertz CT molecular complexity index is 193. The van der Waals surface area contributed by atoms with Crippen LogP contribution in [-0.2, 0) is 0 Å². The Morgan fingerprint density at radius 2 is 2.07 bits per heavy atom. The third kappa shape index (κ3) is 1.82. The lowest BCUT2D eigenvalue weighted by Gasteiger charge is -2.44. The summed E-state index contributed by atoms with van der Waals surface area (Å²) in [5.74, 6) is 0.889. The zero-order chi connectivity index (χ0) is 10.2. The van der Waals surface area contributed by atoms with Crippen LogP contribution in [0.15, 0.2) is 0 Å². The molecule has 2 fully saturated rings. The molecule has 0 bridgehead atoms. The minimum Gasteiger partial charge on any atom is -0.330 e. The van der Waals surface area contributed by atoms with Crippen molar-refractivity contribution in [1.82, 2.24) is 4.90 Å². The molecule has 82 valence electrons. The van der Waals surface area contributed by atoms with E-state index in [1.165, 1.54) is 38.8 Å². The molecule has 1 saturated heterocycles. The Balaban J connectivity index is 1.90. The van der Waals surface area contributed by atoms with Crippen molar-refractivity contribution < 1.29 is 0 Å². The van der Waals surface area contributed by atoms with E-state index in [2.05, 4.69) is 18.7 Å². The van der Waals surface area contributed by atoms with Gasteiger partial charge in [-0.25, -0.2) is 0 Å². The molecule has 2 nitrogen and oxygen atoms in total. The molecule has 2 rings (SSSR count). The molecule has 2 atom stereocenters. The molecule has 2 aliphatic rings. The molecule has 2 N–H and O–H groups in total. The highest BCUT2D eigenvalue weighted by molar-refractivity contribution is 4.94. The molecule has 0 aromatic rings. The Labute approximate surface area is 87.8 Å². The van der Waals surface area contributed by atoms with Gasteiger partial charge >= 0.3 is 0 Å². The average Bonchev–Trinajstić information content (AvgIpc) is 2.38. The van der Waals surface area contributed by atoms with Crippen molar-refractivity contribution >= 4 is 0 Å². The maximum atomic E-state index is 5.90. The molecular weight excluding hydrogens is 172 g/mol. The highest BCUT2D eigenvalue weighted by Crippen LogP contribution is 2.42. The number of hydrogen-bond acceptors (Lipinski definition) is 2. The van der Waals surface area contributed by atoms with Gasteiger partial charge in [0.05, 0.1) is 0 Å². The minimum atomic E-state index is 0.498. The molecule has 1 aliphatic carbocycles. The molecular formula is C12H24N2. The van der Waals surface area contributed by atoms with E-state index < -0.39 is 0 Å². The van der Waals surface area contributed by atoms with Crippen LogP contribution in [0.2, 0.25) is 0 Å². The largest absolute Gasteiger partial charge is 0.330 e. The van der Waals surface area contributed by atoms with E-state index in [1.54, 1.807) is 0 Å².